The monoisotopic (exact) mass is 278 g/mol. The average molecular weight is 278 g/mol. The van der Waals surface area contributed by atoms with Crippen molar-refractivity contribution in [3.8, 4) is 0 Å². The number of methoxy groups -OCH3 is 2. The molecule has 4 nitrogen and oxygen atoms in total. The zero-order chi connectivity index (χ0) is 14.6. The van der Waals surface area contributed by atoms with Gasteiger partial charge in [-0.05, 0) is 36.8 Å². The number of hydrogen-bond donors (Lipinski definition) is 1. The Morgan fingerprint density at radius 2 is 1.85 bits per heavy atom. The second-order valence-electron chi connectivity index (χ2n) is 5.25. The normalized spacial score (nSPS) is 14.9. The van der Waals surface area contributed by atoms with Crippen LogP contribution >= 0.6 is 0 Å². The summed E-state index contributed by atoms with van der Waals surface area (Å²) in [5.41, 5.74) is 3.63. The molecule has 0 spiro atoms. The molecule has 0 fully saturated rings. The minimum Gasteiger partial charge on any atom is -0.481 e. The first-order valence-electron chi connectivity index (χ1n) is 7.05. The molecule has 0 atom stereocenters. The summed E-state index contributed by atoms with van der Waals surface area (Å²) >= 11 is 0. The van der Waals surface area contributed by atoms with Crippen LogP contribution in [0.4, 0.5) is 0 Å². The molecule has 1 aromatic rings. The molecule has 1 N–H and O–H groups in total. The fourth-order valence-corrected chi connectivity index (χ4v) is 2.91. The molecule has 4 heteroatoms. The number of fused-ring (bicyclic) bond motifs is 1. The Labute approximate surface area is 119 Å². The molecule has 20 heavy (non-hydrogen) atoms. The van der Waals surface area contributed by atoms with Crippen LogP contribution in [0.1, 0.15) is 42.4 Å². The number of carboxylic acids is 1. The molecule has 0 unspecified atom stereocenters. The van der Waals surface area contributed by atoms with Crippen LogP contribution in [-0.2, 0) is 32.9 Å². The van der Waals surface area contributed by atoms with Gasteiger partial charge in [-0.1, -0.05) is 18.2 Å². The lowest BCUT2D eigenvalue weighted by Gasteiger charge is -2.32. The van der Waals surface area contributed by atoms with Crippen molar-refractivity contribution in [2.24, 2.45) is 0 Å². The van der Waals surface area contributed by atoms with Crippen LogP contribution in [-0.4, -0.2) is 25.3 Å². The highest BCUT2D eigenvalue weighted by molar-refractivity contribution is 5.66. The quantitative estimate of drug-likeness (QED) is 0.813. The Balaban J connectivity index is 2.30. The molecule has 1 aliphatic carbocycles. The van der Waals surface area contributed by atoms with Crippen molar-refractivity contribution < 1.29 is 19.4 Å². The van der Waals surface area contributed by atoms with Gasteiger partial charge in [0, 0.05) is 26.2 Å². The van der Waals surface area contributed by atoms with E-state index in [0.29, 0.717) is 6.42 Å². The van der Waals surface area contributed by atoms with Crippen LogP contribution in [0.25, 0.3) is 0 Å². The maximum absolute atomic E-state index is 10.8. The summed E-state index contributed by atoms with van der Waals surface area (Å²) < 4.78 is 11.1. The van der Waals surface area contributed by atoms with Crippen LogP contribution in [0.3, 0.4) is 0 Å². The third-order valence-electron chi connectivity index (χ3n) is 4.12. The third kappa shape index (κ3) is 3.02. The van der Waals surface area contributed by atoms with Gasteiger partial charge in [0.25, 0.3) is 0 Å². The molecule has 0 radical (unpaired) electrons. The van der Waals surface area contributed by atoms with Gasteiger partial charge in [-0.25, -0.2) is 0 Å². The van der Waals surface area contributed by atoms with Crippen molar-refractivity contribution in [3.05, 3.63) is 34.9 Å². The number of carbonyl (C=O) groups is 1. The summed E-state index contributed by atoms with van der Waals surface area (Å²) in [6.45, 7) is 0. The molecule has 0 amide bonds. The topological polar surface area (TPSA) is 55.8 Å². The Morgan fingerprint density at radius 3 is 2.45 bits per heavy atom. The molecule has 0 heterocycles. The first-order valence-corrected chi connectivity index (χ1v) is 7.05. The number of rotatable bonds is 6. The van der Waals surface area contributed by atoms with Gasteiger partial charge in [0.15, 0.2) is 5.79 Å². The largest absolute Gasteiger partial charge is 0.481 e. The fraction of sp³-hybridized carbons (Fsp3) is 0.562. The highest BCUT2D eigenvalue weighted by Gasteiger charge is 2.33. The molecule has 0 bridgehead atoms. The van der Waals surface area contributed by atoms with E-state index in [-0.39, 0.29) is 6.42 Å². The van der Waals surface area contributed by atoms with Gasteiger partial charge < -0.3 is 14.6 Å². The molecule has 0 aromatic heterocycles. The number of aliphatic carboxylic acids is 1. The highest BCUT2D eigenvalue weighted by Crippen LogP contribution is 2.34. The SMILES string of the molecule is COC(CCC(=O)O)(OC)c1ccc2c(c1)CCCC2. The van der Waals surface area contributed by atoms with E-state index in [0.717, 1.165) is 18.4 Å². The van der Waals surface area contributed by atoms with Crippen LogP contribution in [0.2, 0.25) is 0 Å². The van der Waals surface area contributed by atoms with Crippen molar-refractivity contribution in [1.82, 2.24) is 0 Å². The number of benzene rings is 1. The lowest BCUT2D eigenvalue weighted by Crippen LogP contribution is -2.32. The molecular formula is C16H22O4. The van der Waals surface area contributed by atoms with Gasteiger partial charge in [0.2, 0.25) is 0 Å². The van der Waals surface area contributed by atoms with E-state index in [2.05, 4.69) is 12.1 Å². The Hall–Kier alpha value is -1.39. The standard InChI is InChI=1S/C16H22O4/c1-19-16(20-2,10-9-15(17)18)14-8-7-12-5-3-4-6-13(12)11-14/h7-8,11H,3-6,9-10H2,1-2H3,(H,17,18). The molecule has 2 rings (SSSR count). The molecule has 110 valence electrons. The Bertz CT molecular complexity index is 477. The van der Waals surface area contributed by atoms with Crippen LogP contribution in [0, 0.1) is 0 Å². The van der Waals surface area contributed by atoms with E-state index in [1.54, 1.807) is 14.2 Å². The highest BCUT2D eigenvalue weighted by atomic mass is 16.7. The van der Waals surface area contributed by atoms with E-state index in [9.17, 15) is 4.79 Å². The van der Waals surface area contributed by atoms with E-state index in [4.69, 9.17) is 14.6 Å². The van der Waals surface area contributed by atoms with Gasteiger partial charge in [-0.15, -0.1) is 0 Å². The molecule has 1 aliphatic rings. The second kappa shape index (κ2) is 6.37. The zero-order valence-electron chi connectivity index (χ0n) is 12.1. The fourth-order valence-electron chi connectivity index (χ4n) is 2.91. The summed E-state index contributed by atoms with van der Waals surface area (Å²) in [4.78, 5) is 10.8. The minimum atomic E-state index is -0.967. The maximum Gasteiger partial charge on any atom is 0.303 e. The lowest BCUT2D eigenvalue weighted by atomic mass is 9.88. The smallest absolute Gasteiger partial charge is 0.303 e. The molecule has 1 aromatic carbocycles. The summed E-state index contributed by atoms with van der Waals surface area (Å²) in [5, 5.41) is 8.90. The van der Waals surface area contributed by atoms with Gasteiger partial charge in [0.1, 0.15) is 0 Å². The Morgan fingerprint density at radius 1 is 1.20 bits per heavy atom. The Kier molecular flexibility index (Phi) is 4.78. The summed E-state index contributed by atoms with van der Waals surface area (Å²) in [6.07, 6.45) is 4.96. The maximum atomic E-state index is 10.8. The van der Waals surface area contributed by atoms with Gasteiger partial charge in [-0.2, -0.15) is 0 Å². The predicted molar refractivity (Wildman–Crippen MR) is 75.6 cm³/mol. The summed E-state index contributed by atoms with van der Waals surface area (Å²) in [6, 6.07) is 6.24. The van der Waals surface area contributed by atoms with Crippen LogP contribution in [0.5, 0.6) is 0 Å². The van der Waals surface area contributed by atoms with Crippen LogP contribution < -0.4 is 0 Å². The van der Waals surface area contributed by atoms with Gasteiger partial charge in [0.05, 0.1) is 6.42 Å². The van der Waals surface area contributed by atoms with Crippen molar-refractivity contribution in [3.63, 3.8) is 0 Å². The zero-order valence-corrected chi connectivity index (χ0v) is 12.1. The molecule has 0 aliphatic heterocycles. The molecular weight excluding hydrogens is 256 g/mol. The number of hydrogen-bond acceptors (Lipinski definition) is 3. The third-order valence-corrected chi connectivity index (χ3v) is 4.12. The summed E-state index contributed by atoms with van der Waals surface area (Å²) in [7, 11) is 3.12. The van der Waals surface area contributed by atoms with E-state index < -0.39 is 11.8 Å². The van der Waals surface area contributed by atoms with E-state index >= 15 is 0 Å². The summed E-state index contributed by atoms with van der Waals surface area (Å²) in [5.74, 6) is -1.81. The van der Waals surface area contributed by atoms with Gasteiger partial charge in [-0.3, -0.25) is 4.79 Å². The van der Waals surface area contributed by atoms with Crippen LogP contribution in [0.15, 0.2) is 18.2 Å². The van der Waals surface area contributed by atoms with Crippen molar-refractivity contribution >= 4 is 5.97 Å². The number of aryl methyl sites for hydroxylation is 2. The first-order chi connectivity index (χ1) is 9.61. The molecule has 0 saturated carbocycles. The average Bonchev–Trinajstić information content (AvgIpc) is 2.48. The first kappa shape index (κ1) is 15.0. The minimum absolute atomic E-state index is 0.0127. The van der Waals surface area contributed by atoms with Gasteiger partial charge >= 0.3 is 5.97 Å². The predicted octanol–water partition coefficient (Wildman–Crippen LogP) is 2.88. The second-order valence-corrected chi connectivity index (χ2v) is 5.25. The number of ether oxygens (including phenoxy) is 2. The van der Waals surface area contributed by atoms with Crippen molar-refractivity contribution in [2.45, 2.75) is 44.3 Å². The van der Waals surface area contributed by atoms with Crippen molar-refractivity contribution in [1.29, 1.82) is 0 Å². The molecule has 0 saturated heterocycles. The lowest BCUT2D eigenvalue weighted by molar-refractivity contribution is -0.221. The van der Waals surface area contributed by atoms with E-state index in [1.807, 2.05) is 6.07 Å². The van der Waals surface area contributed by atoms with Crippen molar-refractivity contribution in [2.75, 3.05) is 14.2 Å². The number of carboxylic acid groups (broad SMARTS) is 1. The van der Waals surface area contributed by atoms with E-state index in [1.165, 1.54) is 24.0 Å².